The summed E-state index contributed by atoms with van der Waals surface area (Å²) in [6.45, 7) is 3.93. The maximum atomic E-state index is 13.4. The molecule has 232 valence electrons. The summed E-state index contributed by atoms with van der Waals surface area (Å²) >= 11 is 0. The number of benzene rings is 6. The highest BCUT2D eigenvalue weighted by molar-refractivity contribution is 5.50. The van der Waals surface area contributed by atoms with E-state index in [1.54, 1.807) is 6.08 Å². The van der Waals surface area contributed by atoms with E-state index in [0.717, 1.165) is 11.1 Å². The second kappa shape index (κ2) is 12.6. The van der Waals surface area contributed by atoms with E-state index in [2.05, 4.69) is 6.58 Å². The Morgan fingerprint density at radius 1 is 0.447 bits per heavy atom. The first-order valence-electron chi connectivity index (χ1n) is 15.8. The number of aliphatic hydroxyl groups is 2. The van der Waals surface area contributed by atoms with Gasteiger partial charge in [-0.15, -0.1) is 0 Å². The third-order valence-corrected chi connectivity index (χ3v) is 9.22. The Labute approximate surface area is 275 Å². The minimum absolute atomic E-state index is 0.610. The average Bonchev–Trinajstić information content (AvgIpc) is 3.59. The summed E-state index contributed by atoms with van der Waals surface area (Å²) < 4.78 is 14.6. The minimum atomic E-state index is -1.76. The van der Waals surface area contributed by atoms with Gasteiger partial charge in [-0.2, -0.15) is 0 Å². The number of rotatable bonds is 9. The van der Waals surface area contributed by atoms with Crippen LogP contribution in [0, 0.1) is 0 Å². The molecule has 0 unspecified atom stereocenters. The van der Waals surface area contributed by atoms with Crippen LogP contribution in [0.4, 0.5) is 0 Å². The predicted octanol–water partition coefficient (Wildman–Crippen LogP) is 8.19. The van der Waals surface area contributed by atoms with Crippen molar-refractivity contribution in [2.75, 3.05) is 0 Å². The van der Waals surface area contributed by atoms with E-state index in [1.165, 1.54) is 0 Å². The molecule has 0 radical (unpaired) electrons. The van der Waals surface area contributed by atoms with Gasteiger partial charge in [0.1, 0.15) is 23.4 Å². The highest BCUT2D eigenvalue weighted by Gasteiger charge is 2.64. The second-order valence-corrected chi connectivity index (χ2v) is 11.9. The van der Waals surface area contributed by atoms with E-state index in [1.807, 2.05) is 176 Å². The smallest absolute Gasteiger partial charge is 0.223 e. The molecule has 0 spiro atoms. The molecule has 47 heavy (non-hydrogen) atoms. The molecular formula is C43H36O4. The largest absolute Gasteiger partial charge is 0.378 e. The SMILES string of the molecule is C=Cc1ccc(C2(c3ccccc3)O[C@@H](C(O)(c3ccccc3)c3ccccc3)[C@H](C(O)(c3ccccc3)c3ccccc3)O2)cc1. The lowest BCUT2D eigenvalue weighted by Gasteiger charge is -2.42. The molecule has 4 nitrogen and oxygen atoms in total. The summed E-state index contributed by atoms with van der Waals surface area (Å²) in [7, 11) is 0. The van der Waals surface area contributed by atoms with Gasteiger partial charge in [-0.25, -0.2) is 0 Å². The van der Waals surface area contributed by atoms with Crippen molar-refractivity contribution in [2.24, 2.45) is 0 Å². The first-order valence-corrected chi connectivity index (χ1v) is 15.8. The van der Waals surface area contributed by atoms with Gasteiger partial charge in [-0.1, -0.05) is 189 Å². The van der Waals surface area contributed by atoms with Crippen LogP contribution in [0.25, 0.3) is 6.08 Å². The monoisotopic (exact) mass is 616 g/mol. The Hall–Kier alpha value is -5.10. The van der Waals surface area contributed by atoms with Crippen LogP contribution in [0.5, 0.6) is 0 Å². The molecule has 6 aromatic carbocycles. The first-order chi connectivity index (χ1) is 23.0. The second-order valence-electron chi connectivity index (χ2n) is 11.9. The topological polar surface area (TPSA) is 58.9 Å². The van der Waals surface area contributed by atoms with Crippen molar-refractivity contribution >= 4 is 6.08 Å². The van der Waals surface area contributed by atoms with Crippen molar-refractivity contribution in [3.05, 3.63) is 221 Å². The van der Waals surface area contributed by atoms with Crippen molar-refractivity contribution in [3.63, 3.8) is 0 Å². The summed E-state index contributed by atoms with van der Waals surface area (Å²) in [6, 6.07) is 55.5. The molecule has 0 bridgehead atoms. The summed E-state index contributed by atoms with van der Waals surface area (Å²) in [4.78, 5) is 0. The van der Waals surface area contributed by atoms with Crippen LogP contribution in [0.15, 0.2) is 183 Å². The summed E-state index contributed by atoms with van der Waals surface area (Å²) in [5.41, 5.74) is 1.30. The number of hydrogen-bond acceptors (Lipinski definition) is 4. The predicted molar refractivity (Wildman–Crippen MR) is 185 cm³/mol. The van der Waals surface area contributed by atoms with Crippen LogP contribution in [0.3, 0.4) is 0 Å². The van der Waals surface area contributed by atoms with Crippen LogP contribution < -0.4 is 0 Å². The zero-order valence-electron chi connectivity index (χ0n) is 25.9. The van der Waals surface area contributed by atoms with Crippen molar-refractivity contribution in [1.82, 2.24) is 0 Å². The molecule has 0 aliphatic carbocycles. The molecule has 0 saturated carbocycles. The van der Waals surface area contributed by atoms with Gasteiger partial charge in [-0.3, -0.25) is 0 Å². The zero-order valence-corrected chi connectivity index (χ0v) is 25.9. The Kier molecular flexibility index (Phi) is 8.19. The third-order valence-electron chi connectivity index (χ3n) is 9.22. The summed E-state index contributed by atoms with van der Waals surface area (Å²) in [5.74, 6) is -1.51. The average molecular weight is 617 g/mol. The maximum absolute atomic E-state index is 13.4. The summed E-state index contributed by atoms with van der Waals surface area (Å²) in [5, 5.41) is 26.7. The molecule has 1 heterocycles. The molecule has 0 amide bonds. The highest BCUT2D eigenvalue weighted by Crippen LogP contribution is 2.55. The van der Waals surface area contributed by atoms with Crippen molar-refractivity contribution < 1.29 is 19.7 Å². The Morgan fingerprint density at radius 3 is 1.06 bits per heavy atom. The lowest BCUT2D eigenvalue weighted by Crippen LogP contribution is -2.54. The van der Waals surface area contributed by atoms with Crippen LogP contribution in [-0.4, -0.2) is 22.4 Å². The van der Waals surface area contributed by atoms with Gasteiger partial charge in [0, 0.05) is 11.1 Å². The molecule has 0 aromatic heterocycles. The molecule has 6 aromatic rings. The van der Waals surface area contributed by atoms with Crippen molar-refractivity contribution in [1.29, 1.82) is 0 Å². The Morgan fingerprint density at radius 2 is 0.745 bits per heavy atom. The molecule has 2 N–H and O–H groups in total. The van der Waals surface area contributed by atoms with E-state index in [0.29, 0.717) is 27.8 Å². The van der Waals surface area contributed by atoms with Gasteiger partial charge < -0.3 is 19.7 Å². The molecule has 1 saturated heterocycles. The van der Waals surface area contributed by atoms with Crippen LogP contribution in [0.1, 0.15) is 38.9 Å². The maximum Gasteiger partial charge on any atom is 0.223 e. The van der Waals surface area contributed by atoms with Gasteiger partial charge in [-0.05, 0) is 27.8 Å². The first kappa shape index (κ1) is 30.5. The lowest BCUT2D eigenvalue weighted by atomic mass is 9.72. The standard InChI is InChI=1S/C43H36O4/c1-2-32-28-30-38(31-29-32)43(37-26-16-7-17-27-37)46-39(41(44,33-18-8-3-9-19-33)34-20-10-4-11-21-34)40(47-43)42(45,35-22-12-5-13-23-35)36-24-14-6-15-25-36/h2-31,39-40,44-45H,1H2/t39-,40-/m1/s1. The molecule has 7 rings (SSSR count). The van der Waals surface area contributed by atoms with Crippen LogP contribution in [0.2, 0.25) is 0 Å². The van der Waals surface area contributed by atoms with Gasteiger partial charge in [0.15, 0.2) is 0 Å². The van der Waals surface area contributed by atoms with E-state index >= 15 is 0 Å². The summed E-state index contributed by atoms with van der Waals surface area (Å²) in [6.07, 6.45) is -0.470. The Balaban J connectivity index is 1.55. The molecule has 1 fully saturated rings. The fourth-order valence-corrected chi connectivity index (χ4v) is 6.81. The lowest BCUT2D eigenvalue weighted by molar-refractivity contribution is -0.176. The fraction of sp³-hybridized carbons (Fsp3) is 0.116. The Bertz CT molecular complexity index is 1730. The molecule has 1 aliphatic rings. The van der Waals surface area contributed by atoms with Gasteiger partial charge in [0.2, 0.25) is 5.79 Å². The fourth-order valence-electron chi connectivity index (χ4n) is 6.81. The molecular weight excluding hydrogens is 580 g/mol. The van der Waals surface area contributed by atoms with Gasteiger partial charge >= 0.3 is 0 Å². The molecule has 4 heteroatoms. The van der Waals surface area contributed by atoms with Gasteiger partial charge in [0.25, 0.3) is 0 Å². The molecule has 2 atom stereocenters. The van der Waals surface area contributed by atoms with E-state index < -0.39 is 29.2 Å². The van der Waals surface area contributed by atoms with E-state index in [4.69, 9.17) is 9.47 Å². The highest BCUT2D eigenvalue weighted by atomic mass is 16.8. The quantitative estimate of drug-likeness (QED) is 0.172. The van der Waals surface area contributed by atoms with Crippen LogP contribution in [-0.2, 0) is 26.5 Å². The zero-order chi connectivity index (χ0) is 32.3. The van der Waals surface area contributed by atoms with E-state index in [9.17, 15) is 10.2 Å². The number of hydrogen-bond donors (Lipinski definition) is 2. The van der Waals surface area contributed by atoms with Crippen molar-refractivity contribution in [2.45, 2.75) is 29.2 Å². The van der Waals surface area contributed by atoms with E-state index in [-0.39, 0.29) is 0 Å². The normalized spacial score (nSPS) is 17.7. The van der Waals surface area contributed by atoms with Crippen molar-refractivity contribution in [3.8, 4) is 0 Å². The van der Waals surface area contributed by atoms with Gasteiger partial charge in [0.05, 0.1) is 0 Å². The third kappa shape index (κ3) is 5.22. The molecule has 1 aliphatic heterocycles. The number of ether oxygens (including phenoxy) is 2. The minimum Gasteiger partial charge on any atom is -0.378 e. The van der Waals surface area contributed by atoms with Crippen LogP contribution >= 0.6 is 0 Å².